The van der Waals surface area contributed by atoms with Gasteiger partial charge in [-0.05, 0) is 24.6 Å². The SMILES string of the molecule is C[CH]c1ccoc1-c1ccco1. The fourth-order valence-electron chi connectivity index (χ4n) is 1.15. The molecule has 2 rings (SSSR count). The summed E-state index contributed by atoms with van der Waals surface area (Å²) in [7, 11) is 0. The summed E-state index contributed by atoms with van der Waals surface area (Å²) >= 11 is 0. The molecular weight excluding hydrogens is 152 g/mol. The molecule has 2 heterocycles. The van der Waals surface area contributed by atoms with Crippen LogP contribution in [-0.2, 0) is 0 Å². The smallest absolute Gasteiger partial charge is 0.172 e. The number of furan rings is 2. The normalized spacial score (nSPS) is 10.4. The van der Waals surface area contributed by atoms with Gasteiger partial charge in [-0.3, -0.25) is 0 Å². The van der Waals surface area contributed by atoms with Gasteiger partial charge in [0, 0.05) is 5.56 Å². The van der Waals surface area contributed by atoms with Gasteiger partial charge in [-0.2, -0.15) is 0 Å². The Morgan fingerprint density at radius 1 is 1.17 bits per heavy atom. The zero-order chi connectivity index (χ0) is 8.39. The molecular formula is C10H9O2. The lowest BCUT2D eigenvalue weighted by atomic mass is 10.2. The van der Waals surface area contributed by atoms with Gasteiger partial charge in [0.2, 0.25) is 0 Å². The third-order valence-corrected chi connectivity index (χ3v) is 1.75. The Morgan fingerprint density at radius 3 is 2.75 bits per heavy atom. The van der Waals surface area contributed by atoms with Crippen LogP contribution in [0, 0.1) is 6.42 Å². The van der Waals surface area contributed by atoms with Gasteiger partial charge in [0.25, 0.3) is 0 Å². The zero-order valence-electron chi connectivity index (χ0n) is 6.78. The average Bonchev–Trinajstić information content (AvgIpc) is 2.74. The summed E-state index contributed by atoms with van der Waals surface area (Å²) in [5.74, 6) is 1.57. The van der Waals surface area contributed by atoms with Crippen LogP contribution in [0.4, 0.5) is 0 Å². The standard InChI is InChI=1S/C10H9O2/c1-2-8-5-7-12-10(8)9-4-3-6-11-9/h2-7H,1H3. The number of hydrogen-bond acceptors (Lipinski definition) is 2. The van der Waals surface area contributed by atoms with Crippen molar-refractivity contribution < 1.29 is 8.83 Å². The Hall–Kier alpha value is -1.44. The van der Waals surface area contributed by atoms with Crippen molar-refractivity contribution in [2.24, 2.45) is 0 Å². The van der Waals surface area contributed by atoms with E-state index in [-0.39, 0.29) is 0 Å². The topological polar surface area (TPSA) is 26.3 Å². The fourth-order valence-corrected chi connectivity index (χ4v) is 1.15. The van der Waals surface area contributed by atoms with Gasteiger partial charge in [0.15, 0.2) is 11.5 Å². The molecule has 2 aromatic rings. The van der Waals surface area contributed by atoms with Crippen molar-refractivity contribution >= 4 is 0 Å². The second-order valence-electron chi connectivity index (χ2n) is 2.47. The number of rotatable bonds is 2. The van der Waals surface area contributed by atoms with Gasteiger partial charge in [-0.25, -0.2) is 0 Å². The third-order valence-electron chi connectivity index (χ3n) is 1.75. The average molecular weight is 161 g/mol. The summed E-state index contributed by atoms with van der Waals surface area (Å²) in [6.45, 7) is 1.97. The Bertz CT molecular complexity index is 344. The molecule has 0 N–H and O–H groups in total. The molecule has 2 nitrogen and oxygen atoms in total. The van der Waals surface area contributed by atoms with Crippen LogP contribution in [0.2, 0.25) is 0 Å². The van der Waals surface area contributed by atoms with Crippen LogP contribution in [0.15, 0.2) is 39.6 Å². The van der Waals surface area contributed by atoms with Gasteiger partial charge in [-0.15, -0.1) is 0 Å². The monoisotopic (exact) mass is 161 g/mol. The molecule has 2 heteroatoms. The molecule has 0 aliphatic heterocycles. The molecule has 0 saturated carbocycles. The molecule has 0 bridgehead atoms. The molecule has 0 aliphatic carbocycles. The number of hydrogen-bond donors (Lipinski definition) is 0. The lowest BCUT2D eigenvalue weighted by Gasteiger charge is -1.93. The summed E-state index contributed by atoms with van der Waals surface area (Å²) in [6.07, 6.45) is 5.28. The minimum atomic E-state index is 0.771. The third kappa shape index (κ3) is 1.05. The van der Waals surface area contributed by atoms with Crippen molar-refractivity contribution in [3.63, 3.8) is 0 Å². The van der Waals surface area contributed by atoms with Crippen molar-refractivity contribution in [2.45, 2.75) is 6.92 Å². The van der Waals surface area contributed by atoms with Crippen LogP contribution >= 0.6 is 0 Å². The highest BCUT2D eigenvalue weighted by Gasteiger charge is 2.08. The van der Waals surface area contributed by atoms with E-state index >= 15 is 0 Å². The van der Waals surface area contributed by atoms with Crippen molar-refractivity contribution in [1.82, 2.24) is 0 Å². The van der Waals surface area contributed by atoms with Crippen LogP contribution in [0.5, 0.6) is 0 Å². The second-order valence-corrected chi connectivity index (χ2v) is 2.47. The Labute approximate surface area is 70.8 Å². The van der Waals surface area contributed by atoms with Crippen LogP contribution in [0.1, 0.15) is 12.5 Å². The van der Waals surface area contributed by atoms with Gasteiger partial charge in [-0.1, -0.05) is 6.92 Å². The van der Waals surface area contributed by atoms with E-state index in [1.807, 2.05) is 31.5 Å². The molecule has 61 valence electrons. The second kappa shape index (κ2) is 2.89. The molecule has 0 spiro atoms. The van der Waals surface area contributed by atoms with E-state index in [9.17, 15) is 0 Å². The molecule has 0 aliphatic rings. The maximum Gasteiger partial charge on any atom is 0.172 e. The molecule has 1 radical (unpaired) electrons. The van der Waals surface area contributed by atoms with E-state index in [4.69, 9.17) is 8.83 Å². The van der Waals surface area contributed by atoms with E-state index in [2.05, 4.69) is 0 Å². The highest BCUT2D eigenvalue weighted by molar-refractivity contribution is 5.56. The maximum absolute atomic E-state index is 5.27. The minimum absolute atomic E-state index is 0.771. The van der Waals surface area contributed by atoms with Crippen molar-refractivity contribution in [1.29, 1.82) is 0 Å². The Morgan fingerprint density at radius 2 is 2.08 bits per heavy atom. The quantitative estimate of drug-likeness (QED) is 0.676. The summed E-state index contributed by atoms with van der Waals surface area (Å²) < 4.78 is 10.5. The van der Waals surface area contributed by atoms with E-state index in [1.54, 1.807) is 12.5 Å². The van der Waals surface area contributed by atoms with Crippen molar-refractivity contribution in [3.8, 4) is 11.5 Å². The van der Waals surface area contributed by atoms with Crippen LogP contribution in [0.3, 0.4) is 0 Å². The lowest BCUT2D eigenvalue weighted by Crippen LogP contribution is -1.75. The largest absolute Gasteiger partial charge is 0.461 e. The lowest BCUT2D eigenvalue weighted by molar-refractivity contribution is 0.523. The molecule has 0 amide bonds. The van der Waals surface area contributed by atoms with E-state index in [0.29, 0.717) is 0 Å². The molecule has 0 saturated heterocycles. The first-order valence-corrected chi connectivity index (χ1v) is 3.82. The summed E-state index contributed by atoms with van der Waals surface area (Å²) in [5, 5.41) is 0. The highest BCUT2D eigenvalue weighted by Crippen LogP contribution is 2.25. The zero-order valence-corrected chi connectivity index (χ0v) is 6.78. The van der Waals surface area contributed by atoms with E-state index in [0.717, 1.165) is 17.1 Å². The fraction of sp³-hybridized carbons (Fsp3) is 0.100. The van der Waals surface area contributed by atoms with Crippen molar-refractivity contribution in [2.75, 3.05) is 0 Å². The summed E-state index contributed by atoms with van der Waals surface area (Å²) in [5.41, 5.74) is 1.06. The Kier molecular flexibility index (Phi) is 1.74. The van der Waals surface area contributed by atoms with Crippen LogP contribution in [0.25, 0.3) is 11.5 Å². The van der Waals surface area contributed by atoms with Crippen LogP contribution in [-0.4, -0.2) is 0 Å². The van der Waals surface area contributed by atoms with Gasteiger partial charge in [0.1, 0.15) is 0 Å². The van der Waals surface area contributed by atoms with E-state index < -0.39 is 0 Å². The molecule has 0 aromatic carbocycles. The highest BCUT2D eigenvalue weighted by atomic mass is 16.4. The van der Waals surface area contributed by atoms with Gasteiger partial charge < -0.3 is 8.83 Å². The summed E-state index contributed by atoms with van der Waals surface area (Å²) in [4.78, 5) is 0. The van der Waals surface area contributed by atoms with Gasteiger partial charge in [0.05, 0.1) is 12.5 Å². The predicted octanol–water partition coefficient (Wildman–Crippen LogP) is 3.11. The molecule has 0 fully saturated rings. The maximum atomic E-state index is 5.27. The summed E-state index contributed by atoms with van der Waals surface area (Å²) in [6, 6.07) is 5.64. The molecule has 12 heavy (non-hydrogen) atoms. The Balaban J connectivity index is 2.46. The molecule has 0 unspecified atom stereocenters. The first-order chi connectivity index (χ1) is 5.92. The first-order valence-electron chi connectivity index (χ1n) is 3.82. The van der Waals surface area contributed by atoms with E-state index in [1.165, 1.54) is 0 Å². The van der Waals surface area contributed by atoms with Crippen molar-refractivity contribution in [3.05, 3.63) is 42.7 Å². The minimum Gasteiger partial charge on any atom is -0.461 e. The van der Waals surface area contributed by atoms with Crippen LogP contribution < -0.4 is 0 Å². The molecule has 2 aromatic heterocycles. The first kappa shape index (κ1) is 7.22. The molecule has 0 atom stereocenters. The van der Waals surface area contributed by atoms with Gasteiger partial charge >= 0.3 is 0 Å². The predicted molar refractivity (Wildman–Crippen MR) is 45.5 cm³/mol.